The summed E-state index contributed by atoms with van der Waals surface area (Å²) in [7, 11) is 1.60. The van der Waals surface area contributed by atoms with E-state index in [1.807, 2.05) is 38.1 Å². The average molecular weight is 509 g/mol. The number of benzene rings is 1. The van der Waals surface area contributed by atoms with Crippen molar-refractivity contribution >= 4 is 11.9 Å². The van der Waals surface area contributed by atoms with Crippen LogP contribution >= 0.6 is 0 Å². The predicted molar refractivity (Wildman–Crippen MR) is 136 cm³/mol. The third-order valence-corrected chi connectivity index (χ3v) is 6.45. The lowest BCUT2D eigenvalue weighted by molar-refractivity contribution is -0.140. The highest BCUT2D eigenvalue weighted by Crippen LogP contribution is 2.36. The van der Waals surface area contributed by atoms with Gasteiger partial charge in [-0.15, -0.1) is 0 Å². The second kappa shape index (κ2) is 11.9. The van der Waals surface area contributed by atoms with E-state index in [1.54, 1.807) is 7.11 Å². The number of rotatable bonds is 11. The Morgan fingerprint density at radius 3 is 2.62 bits per heavy atom. The molecular weight excluding hydrogens is 476 g/mol. The molecule has 1 fully saturated rings. The number of hydrogen-bond donors (Lipinski definition) is 2. The highest BCUT2D eigenvalue weighted by Gasteiger charge is 2.22. The molecule has 1 amide bonds. The fourth-order valence-electron chi connectivity index (χ4n) is 4.63. The van der Waals surface area contributed by atoms with Crippen LogP contribution in [-0.4, -0.2) is 52.4 Å². The number of carbonyl (C=O) groups is 2. The molecule has 2 N–H and O–H groups in total. The maximum atomic E-state index is 11.5. The van der Waals surface area contributed by atoms with Crippen molar-refractivity contribution < 1.29 is 28.7 Å². The molecule has 1 saturated carbocycles. The number of carboxylic acids is 1. The number of aryl methyl sites for hydroxylation is 2. The average Bonchev–Trinajstić information content (AvgIpc) is 3.59. The Labute approximate surface area is 215 Å². The first kappa shape index (κ1) is 26.1. The van der Waals surface area contributed by atoms with Crippen molar-refractivity contribution in [1.82, 2.24) is 20.4 Å². The molecule has 1 aliphatic rings. The molecule has 1 aliphatic carbocycles. The number of hydrogen-bond acceptors (Lipinski definition) is 8. The van der Waals surface area contributed by atoms with Crippen LogP contribution in [0.1, 0.15) is 61.8 Å². The van der Waals surface area contributed by atoms with E-state index in [-0.39, 0.29) is 13.2 Å². The van der Waals surface area contributed by atoms with E-state index in [2.05, 4.69) is 20.4 Å². The van der Waals surface area contributed by atoms with Crippen LogP contribution in [-0.2, 0) is 16.0 Å². The molecule has 1 aromatic carbocycles. The Hall–Kier alpha value is -3.95. The predicted octanol–water partition coefficient (Wildman–Crippen LogP) is 4.31. The van der Waals surface area contributed by atoms with Crippen molar-refractivity contribution in [3.63, 3.8) is 0 Å². The van der Waals surface area contributed by atoms with Gasteiger partial charge in [-0.3, -0.25) is 9.59 Å². The summed E-state index contributed by atoms with van der Waals surface area (Å²) >= 11 is 0. The van der Waals surface area contributed by atoms with Gasteiger partial charge in [0, 0.05) is 28.8 Å². The van der Waals surface area contributed by atoms with Crippen LogP contribution in [0.15, 0.2) is 28.8 Å². The number of aliphatic carboxylic acids is 1. The van der Waals surface area contributed by atoms with Gasteiger partial charge < -0.3 is 24.4 Å². The zero-order valence-corrected chi connectivity index (χ0v) is 21.4. The first-order valence-corrected chi connectivity index (χ1v) is 12.5. The molecule has 0 radical (unpaired) electrons. The Kier molecular flexibility index (Phi) is 8.37. The molecule has 37 heavy (non-hydrogen) atoms. The van der Waals surface area contributed by atoms with E-state index in [9.17, 15) is 9.59 Å². The minimum absolute atomic E-state index is 0.211. The van der Waals surface area contributed by atoms with Gasteiger partial charge in [-0.05, 0) is 55.5 Å². The van der Waals surface area contributed by atoms with E-state index < -0.39 is 18.3 Å². The van der Waals surface area contributed by atoms with Gasteiger partial charge >= 0.3 is 5.97 Å². The van der Waals surface area contributed by atoms with Gasteiger partial charge in [0.2, 0.25) is 17.6 Å². The molecule has 2 heterocycles. The first-order chi connectivity index (χ1) is 17.9. The maximum Gasteiger partial charge on any atom is 0.312 e. The summed E-state index contributed by atoms with van der Waals surface area (Å²) in [5.41, 5.74) is 4.45. The van der Waals surface area contributed by atoms with Crippen LogP contribution in [0, 0.1) is 6.92 Å². The van der Waals surface area contributed by atoms with Crippen molar-refractivity contribution in [1.29, 1.82) is 0 Å². The molecule has 0 atom stereocenters. The molecule has 196 valence electrons. The molecule has 0 saturated heterocycles. The Morgan fingerprint density at radius 1 is 1.14 bits per heavy atom. The van der Waals surface area contributed by atoms with Crippen LogP contribution < -0.4 is 14.8 Å². The first-order valence-electron chi connectivity index (χ1n) is 12.5. The topological polar surface area (TPSA) is 137 Å². The van der Waals surface area contributed by atoms with E-state index >= 15 is 0 Å². The summed E-state index contributed by atoms with van der Waals surface area (Å²) in [6.45, 7) is 4.39. The standard InChI is InChI=1S/C27H32N4O6/c1-4-17-12-19(11-16(2)25(17)36-10-9-28-22(32)15-24(33)34)26-30-27(37-31-26)20-13-21(18-7-5-6-8-18)29-23(14-20)35-3/h11-14,18H,4-10,15H2,1-3H3,(H,28,32)(H,33,34). The maximum absolute atomic E-state index is 11.5. The number of carboxylic acid groups (broad SMARTS) is 1. The third kappa shape index (κ3) is 6.44. The molecule has 3 aromatic rings. The Balaban J connectivity index is 1.51. The molecule has 0 spiro atoms. The van der Waals surface area contributed by atoms with Crippen molar-refractivity contribution in [3.05, 3.63) is 41.1 Å². The van der Waals surface area contributed by atoms with Gasteiger partial charge in [-0.1, -0.05) is 24.9 Å². The van der Waals surface area contributed by atoms with Crippen LogP contribution in [0.3, 0.4) is 0 Å². The summed E-state index contributed by atoms with van der Waals surface area (Å²) in [6, 6.07) is 7.73. The Morgan fingerprint density at radius 2 is 1.92 bits per heavy atom. The van der Waals surface area contributed by atoms with Gasteiger partial charge in [-0.2, -0.15) is 4.98 Å². The molecule has 2 aromatic heterocycles. The second-order valence-electron chi connectivity index (χ2n) is 9.13. The smallest absolute Gasteiger partial charge is 0.312 e. The number of methoxy groups -OCH3 is 1. The number of carbonyl (C=O) groups excluding carboxylic acids is 1. The normalized spacial score (nSPS) is 13.5. The van der Waals surface area contributed by atoms with E-state index in [4.69, 9.17) is 19.1 Å². The lowest BCUT2D eigenvalue weighted by atomic mass is 10.0. The fraction of sp³-hybridized carbons (Fsp3) is 0.444. The van der Waals surface area contributed by atoms with Crippen molar-refractivity contribution in [2.75, 3.05) is 20.3 Å². The molecule has 0 aliphatic heterocycles. The Bertz CT molecular complexity index is 1270. The largest absolute Gasteiger partial charge is 0.491 e. The van der Waals surface area contributed by atoms with Crippen molar-refractivity contribution in [2.45, 2.75) is 58.3 Å². The fourth-order valence-corrected chi connectivity index (χ4v) is 4.63. The highest BCUT2D eigenvalue weighted by molar-refractivity contribution is 5.93. The van der Waals surface area contributed by atoms with Gasteiger partial charge in [0.25, 0.3) is 5.89 Å². The number of aromatic nitrogens is 3. The number of amides is 1. The minimum atomic E-state index is -1.17. The van der Waals surface area contributed by atoms with Crippen LogP contribution in [0.25, 0.3) is 22.8 Å². The summed E-state index contributed by atoms with van der Waals surface area (Å²) in [4.78, 5) is 31.4. The molecular formula is C27H32N4O6. The van der Waals surface area contributed by atoms with E-state index in [1.165, 1.54) is 12.8 Å². The zero-order valence-electron chi connectivity index (χ0n) is 21.4. The van der Waals surface area contributed by atoms with Gasteiger partial charge in [0.15, 0.2) is 0 Å². The molecule has 4 rings (SSSR count). The lowest BCUT2D eigenvalue weighted by Gasteiger charge is -2.15. The van der Waals surface area contributed by atoms with Crippen LogP contribution in [0.4, 0.5) is 0 Å². The van der Waals surface area contributed by atoms with Crippen LogP contribution in [0.2, 0.25) is 0 Å². The SMILES string of the molecule is CCc1cc(-c2noc(-c3cc(OC)nc(C4CCCC4)c3)n2)cc(C)c1OCCNC(=O)CC(=O)O. The third-order valence-electron chi connectivity index (χ3n) is 6.45. The van der Waals surface area contributed by atoms with E-state index in [0.717, 1.165) is 46.5 Å². The molecule has 0 unspecified atom stereocenters. The van der Waals surface area contributed by atoms with E-state index in [0.29, 0.717) is 29.9 Å². The minimum Gasteiger partial charge on any atom is -0.491 e. The van der Waals surface area contributed by atoms with Gasteiger partial charge in [0.1, 0.15) is 18.8 Å². The monoisotopic (exact) mass is 508 g/mol. The number of nitrogens with zero attached hydrogens (tertiary/aromatic N) is 3. The summed E-state index contributed by atoms with van der Waals surface area (Å²) < 4.78 is 17.0. The molecule has 10 nitrogen and oxygen atoms in total. The molecule has 0 bridgehead atoms. The van der Waals surface area contributed by atoms with Gasteiger partial charge in [-0.25, -0.2) is 4.98 Å². The number of nitrogens with one attached hydrogen (secondary N) is 1. The second-order valence-corrected chi connectivity index (χ2v) is 9.13. The summed E-state index contributed by atoms with van der Waals surface area (Å²) in [5.74, 6) is 0.839. The van der Waals surface area contributed by atoms with Crippen molar-refractivity contribution in [2.24, 2.45) is 0 Å². The quantitative estimate of drug-likeness (QED) is 0.287. The summed E-state index contributed by atoms with van der Waals surface area (Å²) in [5, 5.41) is 15.4. The van der Waals surface area contributed by atoms with Gasteiger partial charge in [0.05, 0.1) is 13.7 Å². The number of ether oxygens (including phenoxy) is 2. The number of pyridine rings is 1. The van der Waals surface area contributed by atoms with Crippen molar-refractivity contribution in [3.8, 4) is 34.5 Å². The lowest BCUT2D eigenvalue weighted by Crippen LogP contribution is -2.29. The zero-order chi connectivity index (χ0) is 26.4. The van der Waals surface area contributed by atoms with Crippen LogP contribution in [0.5, 0.6) is 11.6 Å². The molecule has 10 heteroatoms. The summed E-state index contributed by atoms with van der Waals surface area (Å²) in [6.07, 6.45) is 4.82. The highest BCUT2D eigenvalue weighted by atomic mass is 16.5.